The molecular weight excluding hydrogens is 252 g/mol. The van der Waals surface area contributed by atoms with E-state index in [1.54, 1.807) is 0 Å². The van der Waals surface area contributed by atoms with E-state index in [4.69, 9.17) is 0 Å². The van der Waals surface area contributed by atoms with Crippen molar-refractivity contribution in [2.75, 3.05) is 0 Å². The van der Waals surface area contributed by atoms with Crippen LogP contribution in [-0.4, -0.2) is 21.8 Å². The Morgan fingerprint density at radius 1 is 1.30 bits per heavy atom. The van der Waals surface area contributed by atoms with Crippen molar-refractivity contribution >= 4 is 5.97 Å². The Morgan fingerprint density at radius 3 is 2.25 bits per heavy atom. The molecule has 0 heterocycles. The number of hydrogen-bond donors (Lipinski definition) is 2. The number of rotatable bonds is 7. The highest BCUT2D eigenvalue weighted by atomic mass is 16.4. The van der Waals surface area contributed by atoms with Crippen LogP contribution in [0.25, 0.3) is 0 Å². The van der Waals surface area contributed by atoms with E-state index < -0.39 is 17.5 Å². The molecule has 2 N–H and O–H groups in total. The third-order valence-electron chi connectivity index (χ3n) is 5.66. The summed E-state index contributed by atoms with van der Waals surface area (Å²) in [6.07, 6.45) is 6.77. The largest absolute Gasteiger partial charge is 0.481 e. The fraction of sp³-hybridized carbons (Fsp3) is 0.941. The summed E-state index contributed by atoms with van der Waals surface area (Å²) in [4.78, 5) is 11.5. The summed E-state index contributed by atoms with van der Waals surface area (Å²) in [6.45, 7) is 8.84. The first-order valence-electron chi connectivity index (χ1n) is 8.22. The lowest BCUT2D eigenvalue weighted by atomic mass is 9.63. The molecule has 0 aromatic carbocycles. The van der Waals surface area contributed by atoms with Gasteiger partial charge in [0.2, 0.25) is 0 Å². The summed E-state index contributed by atoms with van der Waals surface area (Å²) in [6, 6.07) is 0. The molecule has 1 saturated carbocycles. The van der Waals surface area contributed by atoms with E-state index in [9.17, 15) is 15.0 Å². The van der Waals surface area contributed by atoms with Gasteiger partial charge in [0, 0.05) is 0 Å². The van der Waals surface area contributed by atoms with Crippen molar-refractivity contribution in [1.82, 2.24) is 0 Å². The summed E-state index contributed by atoms with van der Waals surface area (Å²) in [5.74, 6) is -0.810. The molecule has 1 aliphatic carbocycles. The number of carboxylic acids is 1. The van der Waals surface area contributed by atoms with Crippen LogP contribution in [0.15, 0.2) is 0 Å². The first-order chi connectivity index (χ1) is 9.27. The molecule has 1 fully saturated rings. The smallest absolute Gasteiger partial charge is 0.309 e. The second kappa shape index (κ2) is 6.93. The van der Waals surface area contributed by atoms with Crippen molar-refractivity contribution in [3.63, 3.8) is 0 Å². The maximum Gasteiger partial charge on any atom is 0.309 e. The average Bonchev–Trinajstić information content (AvgIpc) is 2.39. The molecule has 0 aromatic heterocycles. The van der Waals surface area contributed by atoms with Gasteiger partial charge in [-0.05, 0) is 43.4 Å². The highest BCUT2D eigenvalue weighted by Gasteiger charge is 2.45. The highest BCUT2D eigenvalue weighted by Crippen LogP contribution is 2.46. The van der Waals surface area contributed by atoms with Crippen LogP contribution < -0.4 is 0 Å². The molecule has 0 radical (unpaired) electrons. The van der Waals surface area contributed by atoms with Gasteiger partial charge in [-0.15, -0.1) is 0 Å². The molecule has 3 heteroatoms. The van der Waals surface area contributed by atoms with Crippen LogP contribution in [0.2, 0.25) is 0 Å². The predicted octanol–water partition coefficient (Wildman–Crippen LogP) is 4.23. The van der Waals surface area contributed by atoms with Gasteiger partial charge >= 0.3 is 5.97 Å². The first kappa shape index (κ1) is 17.5. The molecule has 118 valence electrons. The minimum absolute atomic E-state index is 0.295. The van der Waals surface area contributed by atoms with Crippen LogP contribution >= 0.6 is 0 Å². The molecule has 0 saturated heterocycles. The van der Waals surface area contributed by atoms with Crippen molar-refractivity contribution in [3.8, 4) is 0 Å². The predicted molar refractivity (Wildman–Crippen MR) is 81.6 cm³/mol. The molecule has 0 aliphatic heterocycles. The summed E-state index contributed by atoms with van der Waals surface area (Å²) in [5, 5.41) is 20.2. The van der Waals surface area contributed by atoms with E-state index in [1.165, 1.54) is 0 Å². The quantitative estimate of drug-likeness (QED) is 0.735. The number of hydrogen-bond acceptors (Lipinski definition) is 2. The van der Waals surface area contributed by atoms with Gasteiger partial charge in [-0.2, -0.15) is 0 Å². The summed E-state index contributed by atoms with van der Waals surface area (Å²) in [5.41, 5.74) is -0.690. The molecular formula is C17H32O3. The van der Waals surface area contributed by atoms with Crippen molar-refractivity contribution in [3.05, 3.63) is 0 Å². The molecule has 1 aliphatic rings. The van der Waals surface area contributed by atoms with Gasteiger partial charge in [-0.1, -0.05) is 47.0 Å². The van der Waals surface area contributed by atoms with Crippen LogP contribution in [0.5, 0.6) is 0 Å². The van der Waals surface area contributed by atoms with Gasteiger partial charge in [0.25, 0.3) is 0 Å². The lowest BCUT2D eigenvalue weighted by molar-refractivity contribution is -0.157. The van der Waals surface area contributed by atoms with E-state index in [0.717, 1.165) is 32.1 Å². The molecule has 1 unspecified atom stereocenters. The Bertz CT molecular complexity index is 314. The van der Waals surface area contributed by atoms with Crippen LogP contribution in [0.3, 0.4) is 0 Å². The van der Waals surface area contributed by atoms with Crippen molar-refractivity contribution in [2.24, 2.45) is 17.3 Å². The topological polar surface area (TPSA) is 57.5 Å². The van der Waals surface area contributed by atoms with Crippen LogP contribution in [0, 0.1) is 17.3 Å². The van der Waals surface area contributed by atoms with Crippen LogP contribution in [0.4, 0.5) is 0 Å². The van der Waals surface area contributed by atoms with Gasteiger partial charge in [-0.3, -0.25) is 4.79 Å². The zero-order valence-electron chi connectivity index (χ0n) is 13.6. The summed E-state index contributed by atoms with van der Waals surface area (Å²) < 4.78 is 0. The molecule has 0 aromatic rings. The van der Waals surface area contributed by atoms with Gasteiger partial charge in [0.05, 0.1) is 11.5 Å². The number of carbonyl (C=O) groups is 1. The lowest BCUT2D eigenvalue weighted by Gasteiger charge is -2.44. The molecule has 3 nitrogen and oxygen atoms in total. The first-order valence-corrected chi connectivity index (χ1v) is 8.22. The van der Waals surface area contributed by atoms with Crippen LogP contribution in [-0.2, 0) is 4.79 Å². The van der Waals surface area contributed by atoms with Crippen LogP contribution in [0.1, 0.15) is 79.1 Å². The minimum atomic E-state index is -0.985. The molecule has 0 spiro atoms. The molecule has 0 amide bonds. The monoisotopic (exact) mass is 284 g/mol. The summed E-state index contributed by atoms with van der Waals surface area (Å²) in [7, 11) is 0. The number of aliphatic hydroxyl groups is 1. The SMILES string of the molecule is CCCCC(C(=O)O)C1(O)CCC(C(C)(C)CC)CC1. The zero-order chi connectivity index (χ0) is 15.4. The zero-order valence-corrected chi connectivity index (χ0v) is 13.6. The van der Waals surface area contributed by atoms with E-state index in [1.807, 2.05) is 0 Å². The van der Waals surface area contributed by atoms with Gasteiger partial charge < -0.3 is 10.2 Å². The Morgan fingerprint density at radius 2 is 1.85 bits per heavy atom. The third-order valence-corrected chi connectivity index (χ3v) is 5.66. The molecule has 1 rings (SSSR count). The Balaban J connectivity index is 2.70. The van der Waals surface area contributed by atoms with Crippen molar-refractivity contribution < 1.29 is 15.0 Å². The van der Waals surface area contributed by atoms with Crippen molar-refractivity contribution in [2.45, 2.75) is 84.7 Å². The Labute approximate surface area is 123 Å². The fourth-order valence-electron chi connectivity index (χ4n) is 3.57. The van der Waals surface area contributed by atoms with Gasteiger partial charge in [-0.25, -0.2) is 0 Å². The lowest BCUT2D eigenvalue weighted by Crippen LogP contribution is -2.46. The third kappa shape index (κ3) is 3.97. The standard InChI is InChI=1S/C17H32O3/c1-5-7-8-14(15(18)19)17(20)11-9-13(10-12-17)16(3,4)6-2/h13-14,20H,5-12H2,1-4H3,(H,18,19). The summed E-state index contributed by atoms with van der Waals surface area (Å²) >= 11 is 0. The second-order valence-corrected chi connectivity index (χ2v) is 7.25. The maximum absolute atomic E-state index is 11.5. The van der Waals surface area contributed by atoms with Gasteiger partial charge in [0.15, 0.2) is 0 Å². The number of carboxylic acid groups (broad SMARTS) is 1. The van der Waals surface area contributed by atoms with E-state index in [-0.39, 0.29) is 0 Å². The molecule has 1 atom stereocenters. The Kier molecular flexibility index (Phi) is 6.06. The maximum atomic E-state index is 11.5. The minimum Gasteiger partial charge on any atom is -0.481 e. The Hall–Kier alpha value is -0.570. The second-order valence-electron chi connectivity index (χ2n) is 7.25. The van der Waals surface area contributed by atoms with E-state index in [2.05, 4.69) is 27.7 Å². The van der Waals surface area contributed by atoms with Gasteiger partial charge in [0.1, 0.15) is 0 Å². The van der Waals surface area contributed by atoms with E-state index >= 15 is 0 Å². The number of aliphatic carboxylic acids is 1. The van der Waals surface area contributed by atoms with Crippen molar-refractivity contribution in [1.29, 1.82) is 0 Å². The van der Waals surface area contributed by atoms with E-state index in [0.29, 0.717) is 30.6 Å². The fourth-order valence-corrected chi connectivity index (χ4v) is 3.57. The normalized spacial score (nSPS) is 29.1. The molecule has 20 heavy (non-hydrogen) atoms. The average molecular weight is 284 g/mol. The highest BCUT2D eigenvalue weighted by molar-refractivity contribution is 5.71. The number of unbranched alkanes of at least 4 members (excludes halogenated alkanes) is 1. The molecule has 0 bridgehead atoms.